The van der Waals surface area contributed by atoms with Crippen molar-refractivity contribution < 1.29 is 4.79 Å². The van der Waals surface area contributed by atoms with Gasteiger partial charge >= 0.3 is 0 Å². The molecule has 4 heteroatoms. The first-order chi connectivity index (χ1) is 9.08. The van der Waals surface area contributed by atoms with Crippen LogP contribution in [0.15, 0.2) is 12.1 Å². The van der Waals surface area contributed by atoms with E-state index in [1.807, 2.05) is 31.7 Å². The summed E-state index contributed by atoms with van der Waals surface area (Å²) < 4.78 is 0. The van der Waals surface area contributed by atoms with E-state index in [1.165, 1.54) is 24.3 Å². The van der Waals surface area contributed by atoms with E-state index in [-0.39, 0.29) is 5.91 Å². The summed E-state index contributed by atoms with van der Waals surface area (Å²) in [4.78, 5) is 12.2. The Hall–Kier alpha value is -1.16. The maximum atomic E-state index is 12.2. The fourth-order valence-corrected chi connectivity index (χ4v) is 3.60. The zero-order chi connectivity index (χ0) is 13.8. The Morgan fingerprint density at radius 2 is 2.00 bits per heavy atom. The van der Waals surface area contributed by atoms with Crippen molar-refractivity contribution in [3.05, 3.63) is 28.8 Å². The van der Waals surface area contributed by atoms with E-state index in [1.54, 1.807) is 6.07 Å². The van der Waals surface area contributed by atoms with Gasteiger partial charge in [0.2, 0.25) is 0 Å². The molecule has 104 valence electrons. The van der Waals surface area contributed by atoms with Crippen molar-refractivity contribution in [3.8, 4) is 0 Å². The molecule has 0 spiro atoms. The van der Waals surface area contributed by atoms with E-state index in [0.29, 0.717) is 17.2 Å². The lowest BCUT2D eigenvalue weighted by Gasteiger charge is -2.21. The van der Waals surface area contributed by atoms with Crippen molar-refractivity contribution in [3.63, 3.8) is 0 Å². The third-order valence-electron chi connectivity index (χ3n) is 3.75. The SMILES string of the molecule is Cc1cc(C)c(C(=O)NCC2CCSCC2)cc1N. The molecule has 0 aromatic heterocycles. The van der Waals surface area contributed by atoms with Crippen molar-refractivity contribution >= 4 is 23.4 Å². The number of nitrogens with one attached hydrogen (secondary N) is 1. The van der Waals surface area contributed by atoms with Gasteiger partial charge in [-0.1, -0.05) is 6.07 Å². The Bertz CT molecular complexity index is 467. The molecule has 0 radical (unpaired) electrons. The lowest BCUT2D eigenvalue weighted by atomic mass is 10.0. The average Bonchev–Trinajstić information content (AvgIpc) is 2.41. The molecule has 1 aliphatic heterocycles. The number of amides is 1. The van der Waals surface area contributed by atoms with Gasteiger partial charge in [0.05, 0.1) is 0 Å². The molecule has 0 unspecified atom stereocenters. The maximum Gasteiger partial charge on any atom is 0.251 e. The Morgan fingerprint density at radius 3 is 2.68 bits per heavy atom. The second kappa shape index (κ2) is 6.33. The molecule has 1 aliphatic rings. The number of nitrogen functional groups attached to an aromatic ring is 1. The molecule has 0 atom stereocenters. The molecule has 1 fully saturated rings. The molecular weight excluding hydrogens is 256 g/mol. The van der Waals surface area contributed by atoms with E-state index in [9.17, 15) is 4.79 Å². The fourth-order valence-electron chi connectivity index (χ4n) is 2.40. The molecule has 3 N–H and O–H groups in total. The Balaban J connectivity index is 1.97. The van der Waals surface area contributed by atoms with Gasteiger partial charge in [0.15, 0.2) is 0 Å². The van der Waals surface area contributed by atoms with Gasteiger partial charge in [-0.25, -0.2) is 0 Å². The zero-order valence-electron chi connectivity index (χ0n) is 11.7. The molecule has 1 heterocycles. The third-order valence-corrected chi connectivity index (χ3v) is 4.80. The fraction of sp³-hybridized carbons (Fsp3) is 0.533. The van der Waals surface area contributed by atoms with Gasteiger partial charge in [-0.05, 0) is 61.3 Å². The molecule has 1 saturated heterocycles. The highest BCUT2D eigenvalue weighted by Gasteiger charge is 2.16. The summed E-state index contributed by atoms with van der Waals surface area (Å²) in [7, 11) is 0. The summed E-state index contributed by atoms with van der Waals surface area (Å²) in [6, 6.07) is 3.76. The largest absolute Gasteiger partial charge is 0.398 e. The van der Waals surface area contributed by atoms with Gasteiger partial charge in [0.25, 0.3) is 5.91 Å². The highest BCUT2D eigenvalue weighted by atomic mass is 32.2. The Labute approximate surface area is 119 Å². The van der Waals surface area contributed by atoms with Crippen LogP contribution >= 0.6 is 11.8 Å². The van der Waals surface area contributed by atoms with Gasteiger partial charge in [-0.15, -0.1) is 0 Å². The normalized spacial score (nSPS) is 16.3. The number of thioether (sulfide) groups is 1. The Kier molecular flexibility index (Phi) is 4.75. The molecule has 0 saturated carbocycles. The molecule has 3 nitrogen and oxygen atoms in total. The minimum Gasteiger partial charge on any atom is -0.398 e. The molecule has 0 aliphatic carbocycles. The maximum absolute atomic E-state index is 12.2. The second-order valence-electron chi connectivity index (χ2n) is 5.29. The van der Waals surface area contributed by atoms with Gasteiger partial charge in [0.1, 0.15) is 0 Å². The van der Waals surface area contributed by atoms with Crippen LogP contribution in [0.5, 0.6) is 0 Å². The highest BCUT2D eigenvalue weighted by molar-refractivity contribution is 7.99. The Morgan fingerprint density at radius 1 is 1.32 bits per heavy atom. The van der Waals surface area contributed by atoms with Gasteiger partial charge in [0, 0.05) is 17.8 Å². The van der Waals surface area contributed by atoms with Gasteiger partial charge < -0.3 is 11.1 Å². The summed E-state index contributed by atoms with van der Waals surface area (Å²) in [6.45, 7) is 4.70. The number of carbonyl (C=O) groups excluding carboxylic acids is 1. The topological polar surface area (TPSA) is 55.1 Å². The van der Waals surface area contributed by atoms with Crippen LogP contribution in [-0.2, 0) is 0 Å². The first-order valence-corrected chi connectivity index (χ1v) is 7.96. The quantitative estimate of drug-likeness (QED) is 0.836. The predicted molar refractivity (Wildman–Crippen MR) is 82.7 cm³/mol. The van der Waals surface area contributed by atoms with Gasteiger partial charge in [-0.2, -0.15) is 11.8 Å². The number of hydrogen-bond donors (Lipinski definition) is 2. The predicted octanol–water partition coefficient (Wildman–Crippen LogP) is 2.76. The number of hydrogen-bond acceptors (Lipinski definition) is 3. The van der Waals surface area contributed by atoms with Crippen LogP contribution in [0.3, 0.4) is 0 Å². The standard InChI is InChI=1S/C15H22N2OS/c1-10-7-11(2)14(16)8-13(10)15(18)17-9-12-3-5-19-6-4-12/h7-8,12H,3-6,9,16H2,1-2H3,(H,17,18). The van der Waals surface area contributed by atoms with E-state index < -0.39 is 0 Å². The van der Waals surface area contributed by atoms with Gasteiger partial charge in [-0.3, -0.25) is 4.79 Å². The minimum atomic E-state index is 0.00225. The third kappa shape index (κ3) is 3.66. The molecular formula is C15H22N2OS. The lowest BCUT2D eigenvalue weighted by molar-refractivity contribution is 0.0946. The summed E-state index contributed by atoms with van der Waals surface area (Å²) in [5, 5.41) is 3.05. The van der Waals surface area contributed by atoms with E-state index in [4.69, 9.17) is 5.73 Å². The molecule has 0 bridgehead atoms. The van der Waals surface area contributed by atoms with Crippen LogP contribution in [0, 0.1) is 19.8 Å². The average molecular weight is 278 g/mol. The summed E-state index contributed by atoms with van der Waals surface area (Å²) in [5.41, 5.74) is 9.29. The number of carbonyl (C=O) groups is 1. The number of anilines is 1. The molecule has 2 rings (SSSR count). The molecule has 1 amide bonds. The second-order valence-corrected chi connectivity index (χ2v) is 6.51. The lowest BCUT2D eigenvalue weighted by Crippen LogP contribution is -2.31. The van der Waals surface area contributed by atoms with E-state index in [0.717, 1.165) is 17.7 Å². The van der Waals surface area contributed by atoms with Crippen LogP contribution in [0.2, 0.25) is 0 Å². The monoisotopic (exact) mass is 278 g/mol. The van der Waals surface area contributed by atoms with E-state index >= 15 is 0 Å². The van der Waals surface area contributed by atoms with Crippen LogP contribution in [0.1, 0.15) is 34.3 Å². The number of rotatable bonds is 3. The van der Waals surface area contributed by atoms with Crippen molar-refractivity contribution in [2.24, 2.45) is 5.92 Å². The minimum absolute atomic E-state index is 0.00225. The zero-order valence-corrected chi connectivity index (χ0v) is 12.5. The van der Waals surface area contributed by atoms with Crippen LogP contribution in [0.25, 0.3) is 0 Å². The van der Waals surface area contributed by atoms with Crippen molar-refractivity contribution in [1.82, 2.24) is 5.32 Å². The van der Waals surface area contributed by atoms with Crippen LogP contribution in [-0.4, -0.2) is 24.0 Å². The number of nitrogens with two attached hydrogens (primary N) is 1. The van der Waals surface area contributed by atoms with Crippen molar-refractivity contribution in [2.45, 2.75) is 26.7 Å². The van der Waals surface area contributed by atoms with Crippen molar-refractivity contribution in [1.29, 1.82) is 0 Å². The molecule has 1 aromatic carbocycles. The smallest absolute Gasteiger partial charge is 0.251 e. The summed E-state index contributed by atoms with van der Waals surface area (Å²) >= 11 is 2.01. The van der Waals surface area contributed by atoms with Crippen LogP contribution in [0.4, 0.5) is 5.69 Å². The summed E-state index contributed by atoms with van der Waals surface area (Å²) in [5.74, 6) is 3.07. The van der Waals surface area contributed by atoms with E-state index in [2.05, 4.69) is 5.32 Å². The van der Waals surface area contributed by atoms with Crippen LogP contribution < -0.4 is 11.1 Å². The first kappa shape index (κ1) is 14.3. The van der Waals surface area contributed by atoms with Crippen molar-refractivity contribution in [2.75, 3.05) is 23.8 Å². The number of aryl methyl sites for hydroxylation is 2. The highest BCUT2D eigenvalue weighted by Crippen LogP contribution is 2.22. The first-order valence-electron chi connectivity index (χ1n) is 6.80. The molecule has 19 heavy (non-hydrogen) atoms. The number of benzene rings is 1. The molecule has 1 aromatic rings. The summed E-state index contributed by atoms with van der Waals surface area (Å²) in [6.07, 6.45) is 2.42.